The zero-order chi connectivity index (χ0) is 14.8. The van der Waals surface area contributed by atoms with Crippen molar-refractivity contribution in [2.24, 2.45) is 0 Å². The number of aryl methyl sites for hydroxylation is 1. The van der Waals surface area contributed by atoms with Crippen molar-refractivity contribution < 1.29 is 9.53 Å². The molecule has 0 bridgehead atoms. The molecule has 0 saturated carbocycles. The first-order valence-electron chi connectivity index (χ1n) is 6.97. The molecule has 0 saturated heterocycles. The van der Waals surface area contributed by atoms with E-state index in [1.807, 2.05) is 45.0 Å². The second kappa shape index (κ2) is 9.15. The van der Waals surface area contributed by atoms with Crippen LogP contribution in [0.5, 0.6) is 0 Å². The van der Waals surface area contributed by atoms with Crippen LogP contribution >= 0.6 is 0 Å². The summed E-state index contributed by atoms with van der Waals surface area (Å²) in [6, 6.07) is 7.88. The SMILES string of the molecule is Cc1cccc(/C=C/NC(=O)NCCCOC(C)C)c1. The number of nitrogens with one attached hydrogen (secondary N) is 2. The molecule has 0 heterocycles. The Morgan fingerprint density at radius 1 is 1.40 bits per heavy atom. The first-order valence-corrected chi connectivity index (χ1v) is 6.97. The summed E-state index contributed by atoms with van der Waals surface area (Å²) < 4.78 is 5.39. The maximum atomic E-state index is 11.5. The van der Waals surface area contributed by atoms with Gasteiger partial charge in [-0.25, -0.2) is 4.79 Å². The second-order valence-electron chi connectivity index (χ2n) is 4.92. The predicted molar refractivity (Wildman–Crippen MR) is 82.5 cm³/mol. The Bertz CT molecular complexity index is 442. The van der Waals surface area contributed by atoms with Crippen molar-refractivity contribution in [2.75, 3.05) is 13.2 Å². The predicted octanol–water partition coefficient (Wildman–Crippen LogP) is 3.08. The normalized spacial score (nSPS) is 11.0. The summed E-state index contributed by atoms with van der Waals surface area (Å²) in [4.78, 5) is 11.5. The molecule has 0 aromatic heterocycles. The average molecular weight is 276 g/mol. The van der Waals surface area contributed by atoms with Gasteiger partial charge in [0.2, 0.25) is 0 Å². The molecular weight excluding hydrogens is 252 g/mol. The van der Waals surface area contributed by atoms with Crippen LogP contribution < -0.4 is 10.6 Å². The van der Waals surface area contributed by atoms with Crippen LogP contribution in [0.4, 0.5) is 4.79 Å². The molecule has 0 radical (unpaired) electrons. The molecule has 4 nitrogen and oxygen atoms in total. The summed E-state index contributed by atoms with van der Waals surface area (Å²) in [5.41, 5.74) is 2.26. The highest BCUT2D eigenvalue weighted by Gasteiger charge is 1.97. The van der Waals surface area contributed by atoms with Crippen LogP contribution in [0, 0.1) is 6.92 Å². The number of amides is 2. The molecule has 0 unspecified atom stereocenters. The van der Waals surface area contributed by atoms with E-state index in [1.165, 1.54) is 5.56 Å². The van der Waals surface area contributed by atoms with Crippen LogP contribution in [0.25, 0.3) is 6.08 Å². The van der Waals surface area contributed by atoms with Gasteiger partial charge in [0, 0.05) is 19.4 Å². The number of rotatable bonds is 7. The summed E-state index contributed by atoms with van der Waals surface area (Å²) in [6.07, 6.45) is 4.57. The molecule has 1 aromatic carbocycles. The van der Waals surface area contributed by atoms with E-state index in [0.29, 0.717) is 13.2 Å². The molecule has 4 heteroatoms. The van der Waals surface area contributed by atoms with Gasteiger partial charge in [0.1, 0.15) is 0 Å². The summed E-state index contributed by atoms with van der Waals surface area (Å²) in [7, 11) is 0. The van der Waals surface area contributed by atoms with Crippen LogP contribution in [-0.2, 0) is 4.74 Å². The summed E-state index contributed by atoms with van der Waals surface area (Å²) in [6.45, 7) is 7.30. The zero-order valence-corrected chi connectivity index (χ0v) is 12.5. The molecule has 0 spiro atoms. The smallest absolute Gasteiger partial charge is 0.318 e. The molecular formula is C16H24N2O2. The number of hydrogen-bond donors (Lipinski definition) is 2. The van der Waals surface area contributed by atoms with E-state index < -0.39 is 0 Å². The number of benzene rings is 1. The highest BCUT2D eigenvalue weighted by atomic mass is 16.5. The van der Waals surface area contributed by atoms with Gasteiger partial charge < -0.3 is 15.4 Å². The standard InChI is InChI=1S/C16H24N2O2/c1-13(2)20-11-5-9-17-16(19)18-10-8-15-7-4-6-14(3)12-15/h4,6-8,10,12-13H,5,9,11H2,1-3H3,(H2,17,18,19)/b10-8+. The number of ether oxygens (including phenoxy) is 1. The third-order valence-corrected chi connectivity index (χ3v) is 2.59. The van der Waals surface area contributed by atoms with E-state index in [9.17, 15) is 4.79 Å². The molecule has 0 atom stereocenters. The molecule has 1 rings (SSSR count). The fourth-order valence-corrected chi connectivity index (χ4v) is 1.63. The van der Waals surface area contributed by atoms with Crippen LogP contribution in [0.2, 0.25) is 0 Å². The Kier molecular flexibility index (Phi) is 7.43. The van der Waals surface area contributed by atoms with Crippen molar-refractivity contribution in [3.05, 3.63) is 41.6 Å². The molecule has 1 aromatic rings. The maximum Gasteiger partial charge on any atom is 0.318 e. The molecule has 20 heavy (non-hydrogen) atoms. The Hall–Kier alpha value is -1.81. The molecule has 2 N–H and O–H groups in total. The molecule has 2 amide bonds. The van der Waals surface area contributed by atoms with E-state index in [0.717, 1.165) is 12.0 Å². The number of carbonyl (C=O) groups excluding carboxylic acids is 1. The summed E-state index contributed by atoms with van der Waals surface area (Å²) in [5.74, 6) is 0. The lowest BCUT2D eigenvalue weighted by Crippen LogP contribution is -2.33. The van der Waals surface area contributed by atoms with Gasteiger partial charge in [0.15, 0.2) is 0 Å². The summed E-state index contributed by atoms with van der Waals surface area (Å²) in [5, 5.41) is 5.45. The van der Waals surface area contributed by atoms with Crippen molar-refractivity contribution in [2.45, 2.75) is 33.3 Å². The largest absolute Gasteiger partial charge is 0.379 e. The topological polar surface area (TPSA) is 50.4 Å². The first-order chi connectivity index (χ1) is 9.58. The van der Waals surface area contributed by atoms with Gasteiger partial charge >= 0.3 is 6.03 Å². The van der Waals surface area contributed by atoms with Crippen molar-refractivity contribution >= 4 is 12.1 Å². The van der Waals surface area contributed by atoms with E-state index in [-0.39, 0.29) is 12.1 Å². The Morgan fingerprint density at radius 3 is 2.90 bits per heavy atom. The Morgan fingerprint density at radius 2 is 2.20 bits per heavy atom. The monoisotopic (exact) mass is 276 g/mol. The number of hydrogen-bond acceptors (Lipinski definition) is 2. The second-order valence-corrected chi connectivity index (χ2v) is 4.92. The molecule has 0 aliphatic carbocycles. The van der Waals surface area contributed by atoms with Crippen molar-refractivity contribution in [1.82, 2.24) is 10.6 Å². The summed E-state index contributed by atoms with van der Waals surface area (Å²) >= 11 is 0. The molecule has 0 aliphatic rings. The van der Waals surface area contributed by atoms with Gasteiger partial charge in [0.05, 0.1) is 6.10 Å². The van der Waals surface area contributed by atoms with Gasteiger partial charge in [-0.05, 0) is 38.8 Å². The molecule has 0 aliphatic heterocycles. The van der Waals surface area contributed by atoms with Crippen LogP contribution in [0.15, 0.2) is 30.5 Å². The van der Waals surface area contributed by atoms with E-state index in [2.05, 4.69) is 16.7 Å². The fourth-order valence-electron chi connectivity index (χ4n) is 1.63. The van der Waals surface area contributed by atoms with Crippen LogP contribution in [0.3, 0.4) is 0 Å². The van der Waals surface area contributed by atoms with Crippen molar-refractivity contribution in [3.8, 4) is 0 Å². The number of urea groups is 1. The third kappa shape index (κ3) is 7.59. The first kappa shape index (κ1) is 16.2. The highest BCUT2D eigenvalue weighted by molar-refractivity contribution is 5.75. The minimum atomic E-state index is -0.196. The van der Waals surface area contributed by atoms with E-state index in [4.69, 9.17) is 4.74 Å². The lowest BCUT2D eigenvalue weighted by atomic mass is 10.1. The quantitative estimate of drug-likeness (QED) is 0.752. The lowest BCUT2D eigenvalue weighted by molar-refractivity contribution is 0.0774. The Labute approximate surface area is 121 Å². The van der Waals surface area contributed by atoms with E-state index >= 15 is 0 Å². The fraction of sp³-hybridized carbons (Fsp3) is 0.438. The van der Waals surface area contributed by atoms with Gasteiger partial charge in [0.25, 0.3) is 0 Å². The zero-order valence-electron chi connectivity index (χ0n) is 12.5. The van der Waals surface area contributed by atoms with Crippen LogP contribution in [0.1, 0.15) is 31.4 Å². The molecule has 110 valence electrons. The lowest BCUT2D eigenvalue weighted by Gasteiger charge is -2.07. The van der Waals surface area contributed by atoms with Crippen molar-refractivity contribution in [3.63, 3.8) is 0 Å². The van der Waals surface area contributed by atoms with E-state index in [1.54, 1.807) is 6.20 Å². The minimum Gasteiger partial charge on any atom is -0.379 e. The minimum absolute atomic E-state index is 0.196. The van der Waals surface area contributed by atoms with Gasteiger partial charge in [-0.2, -0.15) is 0 Å². The Balaban J connectivity index is 2.16. The van der Waals surface area contributed by atoms with Gasteiger partial charge in [-0.15, -0.1) is 0 Å². The third-order valence-electron chi connectivity index (χ3n) is 2.59. The number of carbonyl (C=O) groups is 1. The van der Waals surface area contributed by atoms with Crippen LogP contribution in [-0.4, -0.2) is 25.3 Å². The molecule has 0 fully saturated rings. The van der Waals surface area contributed by atoms with Gasteiger partial charge in [-0.3, -0.25) is 0 Å². The average Bonchev–Trinajstić information content (AvgIpc) is 2.38. The van der Waals surface area contributed by atoms with Gasteiger partial charge in [-0.1, -0.05) is 29.8 Å². The van der Waals surface area contributed by atoms with Crippen molar-refractivity contribution in [1.29, 1.82) is 0 Å². The maximum absolute atomic E-state index is 11.5. The highest BCUT2D eigenvalue weighted by Crippen LogP contribution is 2.04.